The lowest BCUT2D eigenvalue weighted by Crippen LogP contribution is -2.39. The molecule has 0 fully saturated rings. The molecule has 2 nitrogen and oxygen atoms in total. The molecular weight excluding hydrogens is 267 g/mol. The van der Waals surface area contributed by atoms with Crippen LogP contribution in [0.1, 0.15) is 44.9 Å². The van der Waals surface area contributed by atoms with E-state index in [1.54, 1.807) is 0 Å². The molecule has 1 aromatic rings. The third-order valence-electron chi connectivity index (χ3n) is 3.54. The van der Waals surface area contributed by atoms with E-state index in [2.05, 4.69) is 26.1 Å². The van der Waals surface area contributed by atoms with Gasteiger partial charge in [0.25, 0.3) is 0 Å². The Kier molecular flexibility index (Phi) is 5.21. The number of rotatable bonds is 4. The molecule has 1 rings (SSSR count). The van der Waals surface area contributed by atoms with Gasteiger partial charge < -0.3 is 10.4 Å². The normalized spacial score (nSPS) is 16.0. The van der Waals surface area contributed by atoms with E-state index in [0.717, 1.165) is 12.1 Å². The molecule has 5 heteroatoms. The van der Waals surface area contributed by atoms with Crippen molar-refractivity contribution in [2.24, 2.45) is 5.41 Å². The van der Waals surface area contributed by atoms with E-state index in [0.29, 0.717) is 12.1 Å². The molecule has 0 aromatic heterocycles. The molecule has 0 aliphatic rings. The second-order valence-electron chi connectivity index (χ2n) is 6.13. The summed E-state index contributed by atoms with van der Waals surface area (Å²) in [5.41, 5.74) is -0.170. The van der Waals surface area contributed by atoms with Crippen molar-refractivity contribution in [1.82, 2.24) is 5.32 Å². The van der Waals surface area contributed by atoms with Gasteiger partial charge >= 0.3 is 6.18 Å². The number of nitrogens with one attached hydrogen (secondary N) is 1. The van der Waals surface area contributed by atoms with Crippen LogP contribution in [0.5, 0.6) is 0 Å². The fourth-order valence-corrected chi connectivity index (χ4v) is 1.61. The highest BCUT2D eigenvalue weighted by Crippen LogP contribution is 2.30. The molecule has 0 heterocycles. The highest BCUT2D eigenvalue weighted by molar-refractivity contribution is 5.26. The number of halogens is 3. The highest BCUT2D eigenvalue weighted by atomic mass is 19.4. The molecule has 0 aliphatic heterocycles. The van der Waals surface area contributed by atoms with Crippen molar-refractivity contribution in [2.75, 3.05) is 6.54 Å². The number of aliphatic hydroxyl groups excluding tert-OH is 1. The minimum atomic E-state index is -4.34. The van der Waals surface area contributed by atoms with Gasteiger partial charge in [0.05, 0.1) is 11.7 Å². The highest BCUT2D eigenvalue weighted by Gasteiger charge is 2.30. The zero-order valence-electron chi connectivity index (χ0n) is 12.3. The first-order chi connectivity index (χ1) is 9.01. The Morgan fingerprint density at radius 3 is 2.00 bits per heavy atom. The minimum Gasteiger partial charge on any atom is -0.387 e. The molecule has 0 aliphatic carbocycles. The average Bonchev–Trinajstić information content (AvgIpc) is 2.33. The maximum Gasteiger partial charge on any atom is 0.416 e. The summed E-state index contributed by atoms with van der Waals surface area (Å²) in [7, 11) is 0. The molecule has 0 saturated carbocycles. The van der Waals surface area contributed by atoms with Gasteiger partial charge in [0.1, 0.15) is 0 Å². The van der Waals surface area contributed by atoms with Crippen LogP contribution in [0.25, 0.3) is 0 Å². The Morgan fingerprint density at radius 1 is 1.10 bits per heavy atom. The third kappa shape index (κ3) is 4.80. The Balaban J connectivity index is 2.63. The molecule has 0 spiro atoms. The van der Waals surface area contributed by atoms with E-state index in [4.69, 9.17) is 0 Å². The maximum atomic E-state index is 12.4. The second kappa shape index (κ2) is 6.14. The van der Waals surface area contributed by atoms with Crippen molar-refractivity contribution < 1.29 is 18.3 Å². The summed E-state index contributed by atoms with van der Waals surface area (Å²) in [6.07, 6.45) is -5.16. The summed E-state index contributed by atoms with van der Waals surface area (Å²) >= 11 is 0. The van der Waals surface area contributed by atoms with Crippen LogP contribution in [0.2, 0.25) is 0 Å². The van der Waals surface area contributed by atoms with Gasteiger partial charge in [0.15, 0.2) is 0 Å². The van der Waals surface area contributed by atoms with Gasteiger partial charge in [0, 0.05) is 12.6 Å². The van der Waals surface area contributed by atoms with Crippen LogP contribution in [-0.2, 0) is 6.18 Å². The van der Waals surface area contributed by atoms with Crippen molar-refractivity contribution >= 4 is 0 Å². The summed E-state index contributed by atoms with van der Waals surface area (Å²) < 4.78 is 37.3. The Labute approximate surface area is 118 Å². The lowest BCUT2D eigenvalue weighted by molar-refractivity contribution is -0.137. The fraction of sp³-hybridized carbons (Fsp3) is 0.600. The lowest BCUT2D eigenvalue weighted by Gasteiger charge is -2.29. The molecule has 2 unspecified atom stereocenters. The molecule has 0 radical (unpaired) electrons. The monoisotopic (exact) mass is 289 g/mol. The first-order valence-electron chi connectivity index (χ1n) is 6.60. The summed E-state index contributed by atoms with van der Waals surface area (Å²) in [5, 5.41) is 13.2. The predicted octanol–water partition coefficient (Wildman–Crippen LogP) is 3.76. The van der Waals surface area contributed by atoms with E-state index >= 15 is 0 Å². The zero-order valence-corrected chi connectivity index (χ0v) is 12.3. The van der Waals surface area contributed by atoms with E-state index < -0.39 is 17.8 Å². The van der Waals surface area contributed by atoms with Crippen molar-refractivity contribution in [1.29, 1.82) is 0 Å². The lowest BCUT2D eigenvalue weighted by atomic mass is 9.88. The van der Waals surface area contributed by atoms with Gasteiger partial charge in [0.2, 0.25) is 0 Å². The van der Waals surface area contributed by atoms with Crippen LogP contribution < -0.4 is 5.32 Å². The second-order valence-corrected chi connectivity index (χ2v) is 6.13. The molecule has 1 aromatic carbocycles. The van der Waals surface area contributed by atoms with Crippen molar-refractivity contribution in [3.8, 4) is 0 Å². The zero-order chi connectivity index (χ0) is 15.6. The Morgan fingerprint density at radius 2 is 1.60 bits per heavy atom. The number of hydrogen-bond acceptors (Lipinski definition) is 2. The van der Waals surface area contributed by atoms with Crippen LogP contribution in [0.4, 0.5) is 13.2 Å². The Bertz CT molecular complexity index is 420. The van der Waals surface area contributed by atoms with Gasteiger partial charge in [-0.25, -0.2) is 0 Å². The topological polar surface area (TPSA) is 32.3 Å². The molecule has 2 atom stereocenters. The van der Waals surface area contributed by atoms with Crippen molar-refractivity contribution in [2.45, 2.75) is 46.0 Å². The molecule has 114 valence electrons. The SMILES string of the molecule is CC(NCC(O)c1ccc(C(F)(F)F)cc1)C(C)(C)C. The number of aliphatic hydroxyl groups is 1. The van der Waals surface area contributed by atoms with E-state index in [9.17, 15) is 18.3 Å². The van der Waals surface area contributed by atoms with Gasteiger partial charge in [-0.1, -0.05) is 32.9 Å². The van der Waals surface area contributed by atoms with Crippen LogP contribution in [0.3, 0.4) is 0 Å². The van der Waals surface area contributed by atoms with Crippen LogP contribution >= 0.6 is 0 Å². The first kappa shape index (κ1) is 17.0. The van der Waals surface area contributed by atoms with Crippen molar-refractivity contribution in [3.05, 3.63) is 35.4 Å². The van der Waals surface area contributed by atoms with Crippen LogP contribution in [0.15, 0.2) is 24.3 Å². The molecule has 20 heavy (non-hydrogen) atoms. The molecule has 0 bridgehead atoms. The Hall–Kier alpha value is -1.07. The van der Waals surface area contributed by atoms with Gasteiger partial charge in [-0.3, -0.25) is 0 Å². The number of alkyl halides is 3. The first-order valence-corrected chi connectivity index (χ1v) is 6.60. The fourth-order valence-electron chi connectivity index (χ4n) is 1.61. The van der Waals surface area contributed by atoms with Crippen molar-refractivity contribution in [3.63, 3.8) is 0 Å². The van der Waals surface area contributed by atoms with E-state index in [1.165, 1.54) is 12.1 Å². The summed E-state index contributed by atoms with van der Waals surface area (Å²) in [6, 6.07) is 4.80. The van der Waals surface area contributed by atoms with Crippen LogP contribution in [-0.4, -0.2) is 17.7 Å². The smallest absolute Gasteiger partial charge is 0.387 e. The summed E-state index contributed by atoms with van der Waals surface area (Å²) in [4.78, 5) is 0. The third-order valence-corrected chi connectivity index (χ3v) is 3.54. The predicted molar refractivity (Wildman–Crippen MR) is 73.3 cm³/mol. The largest absolute Gasteiger partial charge is 0.416 e. The molecular formula is C15H22F3NO. The number of hydrogen-bond donors (Lipinski definition) is 2. The van der Waals surface area contributed by atoms with Gasteiger partial charge in [-0.2, -0.15) is 13.2 Å². The van der Waals surface area contributed by atoms with Crippen LogP contribution in [0, 0.1) is 5.41 Å². The van der Waals surface area contributed by atoms with E-state index in [-0.39, 0.29) is 11.5 Å². The van der Waals surface area contributed by atoms with E-state index in [1.807, 2.05) is 6.92 Å². The average molecular weight is 289 g/mol. The standard InChI is InChI=1S/C15H22F3NO/c1-10(14(2,3)4)19-9-13(20)11-5-7-12(8-6-11)15(16,17)18/h5-8,10,13,19-20H,9H2,1-4H3. The summed E-state index contributed by atoms with van der Waals surface area (Å²) in [5.74, 6) is 0. The number of benzene rings is 1. The van der Waals surface area contributed by atoms with Gasteiger partial charge in [-0.15, -0.1) is 0 Å². The summed E-state index contributed by atoms with van der Waals surface area (Å²) in [6.45, 7) is 8.56. The van der Waals surface area contributed by atoms with Gasteiger partial charge in [-0.05, 0) is 30.0 Å². The molecule has 0 saturated heterocycles. The quantitative estimate of drug-likeness (QED) is 0.884. The molecule has 2 N–H and O–H groups in total. The maximum absolute atomic E-state index is 12.4. The molecule has 0 amide bonds. The minimum absolute atomic E-state index is 0.0554.